The number of hydrogen-bond donors (Lipinski definition) is 2. The average molecular weight is 321 g/mol. The Morgan fingerprint density at radius 3 is 2.95 bits per heavy atom. The standard InChI is InChI=1S/C15H17ClN4O2/c1-9-12(10(2)20(19-9)5-6-21)8-17-15-18-13-7-11(16)3-4-14(13)22-15/h3-4,7,21H,5-6,8H2,1-2H3,(H,17,18). The van der Waals surface area contributed by atoms with Crippen LogP contribution in [0.3, 0.4) is 0 Å². The Labute approximate surface area is 132 Å². The van der Waals surface area contributed by atoms with Crippen LogP contribution in [-0.2, 0) is 13.1 Å². The molecule has 0 aliphatic carbocycles. The lowest BCUT2D eigenvalue weighted by Crippen LogP contribution is -2.07. The summed E-state index contributed by atoms with van der Waals surface area (Å²) in [6, 6.07) is 5.78. The van der Waals surface area contributed by atoms with E-state index in [0.29, 0.717) is 29.7 Å². The van der Waals surface area contributed by atoms with Crippen molar-refractivity contribution in [3.63, 3.8) is 0 Å². The van der Waals surface area contributed by atoms with Crippen LogP contribution < -0.4 is 5.32 Å². The Balaban J connectivity index is 1.79. The van der Waals surface area contributed by atoms with Crippen molar-refractivity contribution >= 4 is 28.7 Å². The molecule has 0 saturated carbocycles. The Bertz CT molecular complexity index is 809. The van der Waals surface area contributed by atoms with Crippen LogP contribution in [-0.4, -0.2) is 26.5 Å². The normalized spacial score (nSPS) is 11.3. The Kier molecular flexibility index (Phi) is 4.04. The zero-order valence-electron chi connectivity index (χ0n) is 12.4. The van der Waals surface area contributed by atoms with Crippen LogP contribution in [0.4, 0.5) is 6.01 Å². The quantitative estimate of drug-likeness (QED) is 0.756. The van der Waals surface area contributed by atoms with Crippen LogP contribution in [0.25, 0.3) is 11.1 Å². The molecule has 0 fully saturated rings. The first-order chi connectivity index (χ1) is 10.6. The molecule has 116 valence electrons. The number of rotatable bonds is 5. The first kappa shape index (κ1) is 14.9. The van der Waals surface area contributed by atoms with Crippen molar-refractivity contribution in [1.82, 2.24) is 14.8 Å². The number of aryl methyl sites for hydroxylation is 1. The SMILES string of the molecule is Cc1nn(CCO)c(C)c1CNc1nc2cc(Cl)ccc2o1. The van der Waals surface area contributed by atoms with E-state index >= 15 is 0 Å². The zero-order valence-corrected chi connectivity index (χ0v) is 13.2. The first-order valence-electron chi connectivity index (χ1n) is 7.02. The topological polar surface area (TPSA) is 76.1 Å². The van der Waals surface area contributed by atoms with E-state index in [0.717, 1.165) is 22.5 Å². The minimum Gasteiger partial charge on any atom is -0.424 e. The predicted molar refractivity (Wildman–Crippen MR) is 85.1 cm³/mol. The number of oxazole rings is 1. The number of aliphatic hydroxyl groups excluding tert-OH is 1. The highest BCUT2D eigenvalue weighted by Gasteiger charge is 2.12. The molecule has 0 atom stereocenters. The molecular formula is C15H17ClN4O2. The maximum Gasteiger partial charge on any atom is 0.295 e. The van der Waals surface area contributed by atoms with Gasteiger partial charge in [0.1, 0.15) is 5.52 Å². The summed E-state index contributed by atoms with van der Waals surface area (Å²) in [6.07, 6.45) is 0. The number of nitrogens with zero attached hydrogens (tertiary/aromatic N) is 3. The van der Waals surface area contributed by atoms with E-state index in [1.807, 2.05) is 13.8 Å². The summed E-state index contributed by atoms with van der Waals surface area (Å²) in [5.41, 5.74) is 4.44. The van der Waals surface area contributed by atoms with E-state index in [9.17, 15) is 0 Å². The molecule has 7 heteroatoms. The second-order valence-corrected chi connectivity index (χ2v) is 5.52. The van der Waals surface area contributed by atoms with Gasteiger partial charge >= 0.3 is 0 Å². The predicted octanol–water partition coefficient (Wildman–Crippen LogP) is 2.90. The van der Waals surface area contributed by atoms with Crippen LogP contribution in [0, 0.1) is 13.8 Å². The summed E-state index contributed by atoms with van der Waals surface area (Å²) in [5.74, 6) is 0. The van der Waals surface area contributed by atoms with Crippen LogP contribution in [0.5, 0.6) is 0 Å². The minimum atomic E-state index is 0.0702. The first-order valence-corrected chi connectivity index (χ1v) is 7.40. The number of fused-ring (bicyclic) bond motifs is 1. The third kappa shape index (κ3) is 2.80. The van der Waals surface area contributed by atoms with Gasteiger partial charge in [0.25, 0.3) is 6.01 Å². The van der Waals surface area contributed by atoms with Crippen LogP contribution >= 0.6 is 11.6 Å². The fraction of sp³-hybridized carbons (Fsp3) is 0.333. The van der Waals surface area contributed by atoms with E-state index in [1.54, 1.807) is 22.9 Å². The molecular weight excluding hydrogens is 304 g/mol. The third-order valence-electron chi connectivity index (χ3n) is 3.61. The molecule has 6 nitrogen and oxygen atoms in total. The van der Waals surface area contributed by atoms with Gasteiger partial charge in [-0.2, -0.15) is 10.1 Å². The van der Waals surface area contributed by atoms with Gasteiger partial charge in [0.05, 0.1) is 18.8 Å². The molecule has 0 bridgehead atoms. The molecule has 0 saturated heterocycles. The summed E-state index contributed by atoms with van der Waals surface area (Å²) in [4.78, 5) is 4.36. The van der Waals surface area contributed by atoms with Crippen molar-refractivity contribution in [1.29, 1.82) is 0 Å². The van der Waals surface area contributed by atoms with Crippen molar-refractivity contribution < 1.29 is 9.52 Å². The lowest BCUT2D eigenvalue weighted by atomic mass is 10.2. The molecule has 0 radical (unpaired) electrons. The molecule has 0 aliphatic rings. The fourth-order valence-electron chi connectivity index (χ4n) is 2.44. The highest BCUT2D eigenvalue weighted by atomic mass is 35.5. The van der Waals surface area contributed by atoms with E-state index in [2.05, 4.69) is 15.4 Å². The molecule has 2 aromatic heterocycles. The summed E-state index contributed by atoms with van der Waals surface area (Å²) in [7, 11) is 0. The molecule has 3 aromatic rings. The van der Waals surface area contributed by atoms with E-state index in [4.69, 9.17) is 21.1 Å². The molecule has 1 aromatic carbocycles. The number of anilines is 1. The van der Waals surface area contributed by atoms with Gasteiger partial charge in [-0.1, -0.05) is 11.6 Å². The Hall–Kier alpha value is -2.05. The van der Waals surface area contributed by atoms with Crippen molar-refractivity contribution in [2.75, 3.05) is 11.9 Å². The van der Waals surface area contributed by atoms with E-state index in [-0.39, 0.29) is 6.61 Å². The second-order valence-electron chi connectivity index (χ2n) is 5.08. The van der Waals surface area contributed by atoms with Crippen LogP contribution in [0.1, 0.15) is 17.0 Å². The highest BCUT2D eigenvalue weighted by molar-refractivity contribution is 6.31. The van der Waals surface area contributed by atoms with Crippen molar-refractivity contribution in [2.45, 2.75) is 26.9 Å². The van der Waals surface area contributed by atoms with Gasteiger partial charge in [0, 0.05) is 22.8 Å². The largest absolute Gasteiger partial charge is 0.424 e. The molecule has 0 amide bonds. The molecule has 0 unspecified atom stereocenters. The zero-order chi connectivity index (χ0) is 15.7. The van der Waals surface area contributed by atoms with Gasteiger partial charge in [0.15, 0.2) is 5.58 Å². The number of aromatic nitrogens is 3. The minimum absolute atomic E-state index is 0.0702. The van der Waals surface area contributed by atoms with Crippen molar-refractivity contribution in [3.8, 4) is 0 Å². The molecule has 0 aliphatic heterocycles. The number of aliphatic hydroxyl groups is 1. The summed E-state index contributed by atoms with van der Waals surface area (Å²) >= 11 is 5.94. The molecule has 0 spiro atoms. The smallest absolute Gasteiger partial charge is 0.295 e. The maximum atomic E-state index is 9.04. The number of benzene rings is 1. The summed E-state index contributed by atoms with van der Waals surface area (Å²) in [6.45, 7) is 5.06. The van der Waals surface area contributed by atoms with Gasteiger partial charge in [-0.15, -0.1) is 0 Å². The maximum absolute atomic E-state index is 9.04. The summed E-state index contributed by atoms with van der Waals surface area (Å²) < 4.78 is 7.43. The van der Waals surface area contributed by atoms with Crippen LogP contribution in [0.2, 0.25) is 5.02 Å². The molecule has 22 heavy (non-hydrogen) atoms. The van der Waals surface area contributed by atoms with Gasteiger partial charge in [-0.25, -0.2) is 0 Å². The number of halogens is 1. The average Bonchev–Trinajstić information content (AvgIpc) is 2.99. The fourth-order valence-corrected chi connectivity index (χ4v) is 2.61. The van der Waals surface area contributed by atoms with E-state index in [1.165, 1.54) is 0 Å². The second kappa shape index (κ2) is 5.98. The molecule has 2 N–H and O–H groups in total. The lowest BCUT2D eigenvalue weighted by Gasteiger charge is -2.04. The van der Waals surface area contributed by atoms with Crippen molar-refractivity contribution in [2.24, 2.45) is 0 Å². The van der Waals surface area contributed by atoms with Crippen LogP contribution in [0.15, 0.2) is 22.6 Å². The Morgan fingerprint density at radius 2 is 2.18 bits per heavy atom. The van der Waals surface area contributed by atoms with Gasteiger partial charge in [-0.3, -0.25) is 4.68 Å². The third-order valence-corrected chi connectivity index (χ3v) is 3.84. The van der Waals surface area contributed by atoms with Gasteiger partial charge < -0.3 is 14.8 Å². The monoisotopic (exact) mass is 320 g/mol. The lowest BCUT2D eigenvalue weighted by molar-refractivity contribution is 0.268. The molecule has 2 heterocycles. The summed E-state index contributed by atoms with van der Waals surface area (Å²) in [5, 5.41) is 17.3. The highest BCUT2D eigenvalue weighted by Crippen LogP contribution is 2.23. The Morgan fingerprint density at radius 1 is 1.36 bits per heavy atom. The number of nitrogens with one attached hydrogen (secondary N) is 1. The number of hydrogen-bond acceptors (Lipinski definition) is 5. The van der Waals surface area contributed by atoms with E-state index < -0.39 is 0 Å². The molecule has 3 rings (SSSR count). The van der Waals surface area contributed by atoms with Crippen molar-refractivity contribution in [3.05, 3.63) is 40.2 Å². The van der Waals surface area contributed by atoms with Gasteiger partial charge in [-0.05, 0) is 32.0 Å². The van der Waals surface area contributed by atoms with Gasteiger partial charge in [0.2, 0.25) is 0 Å².